The van der Waals surface area contributed by atoms with Gasteiger partial charge in [0.2, 0.25) is 11.7 Å². The number of likely N-dealkylation sites (tertiary alicyclic amines) is 1. The summed E-state index contributed by atoms with van der Waals surface area (Å²) in [6.07, 6.45) is 5.02. The van der Waals surface area contributed by atoms with Gasteiger partial charge in [0.25, 0.3) is 5.91 Å². The molecule has 0 aliphatic carbocycles. The molecular weight excluding hydrogens is 426 g/mol. The number of ether oxygens (including phenoxy) is 3. The Morgan fingerprint density at radius 2 is 1.91 bits per heavy atom. The summed E-state index contributed by atoms with van der Waals surface area (Å²) < 4.78 is 16.2. The van der Waals surface area contributed by atoms with Crippen molar-refractivity contribution in [3.8, 4) is 28.5 Å². The minimum absolute atomic E-state index is 0.0116. The summed E-state index contributed by atoms with van der Waals surface area (Å²) in [7, 11) is 4.63. The lowest BCUT2D eigenvalue weighted by molar-refractivity contribution is -0.129. The lowest BCUT2D eigenvalue weighted by atomic mass is 10.1. The van der Waals surface area contributed by atoms with Crippen LogP contribution >= 0.6 is 0 Å². The smallest absolute Gasteiger partial charge is 0.255 e. The molecule has 3 aromatic rings. The molecular formula is C23H27N5O5. The molecule has 10 heteroatoms. The van der Waals surface area contributed by atoms with E-state index in [1.54, 1.807) is 50.6 Å². The molecule has 0 radical (unpaired) electrons. The van der Waals surface area contributed by atoms with Gasteiger partial charge in [0.05, 0.1) is 38.8 Å². The normalized spacial score (nSPS) is 15.5. The predicted molar refractivity (Wildman–Crippen MR) is 122 cm³/mol. The van der Waals surface area contributed by atoms with Crippen LogP contribution in [0.3, 0.4) is 0 Å². The highest BCUT2D eigenvalue weighted by molar-refractivity contribution is 6.04. The molecule has 2 aromatic heterocycles. The number of nitrogens with one attached hydrogen (secondary N) is 2. The molecule has 1 aliphatic rings. The first-order valence-electron chi connectivity index (χ1n) is 10.7. The molecule has 1 unspecified atom stereocenters. The largest absolute Gasteiger partial charge is 0.493 e. The molecule has 33 heavy (non-hydrogen) atoms. The van der Waals surface area contributed by atoms with Crippen LogP contribution in [0.15, 0.2) is 24.5 Å². The number of rotatable bonds is 7. The van der Waals surface area contributed by atoms with Gasteiger partial charge in [-0.25, -0.2) is 9.97 Å². The topological polar surface area (TPSA) is 119 Å². The molecule has 4 rings (SSSR count). The van der Waals surface area contributed by atoms with Gasteiger partial charge in [0.15, 0.2) is 17.1 Å². The number of hydrogen-bond acceptors (Lipinski definition) is 7. The van der Waals surface area contributed by atoms with Gasteiger partial charge in [-0.2, -0.15) is 0 Å². The van der Waals surface area contributed by atoms with Crippen LogP contribution in [0.5, 0.6) is 17.2 Å². The van der Waals surface area contributed by atoms with Crippen molar-refractivity contribution in [3.63, 3.8) is 0 Å². The quantitative estimate of drug-likeness (QED) is 0.564. The van der Waals surface area contributed by atoms with E-state index in [4.69, 9.17) is 14.2 Å². The second-order valence-electron chi connectivity index (χ2n) is 7.79. The zero-order valence-corrected chi connectivity index (χ0v) is 19.1. The maximum Gasteiger partial charge on any atom is 0.255 e. The molecule has 0 bridgehead atoms. The Morgan fingerprint density at radius 1 is 1.18 bits per heavy atom. The maximum absolute atomic E-state index is 12.9. The van der Waals surface area contributed by atoms with E-state index >= 15 is 0 Å². The predicted octanol–water partition coefficient (Wildman–Crippen LogP) is 2.39. The molecule has 1 aliphatic heterocycles. The summed E-state index contributed by atoms with van der Waals surface area (Å²) in [6, 6.07) is 3.57. The molecule has 0 saturated carbocycles. The summed E-state index contributed by atoms with van der Waals surface area (Å²) in [4.78, 5) is 38.6. The standard InChI is InChI=1S/C23H27N5O5/c1-13(29)28-7-5-6-15(28)10-26-23(30)16-11-24-22-20(16)27-17(12-25-22)14-8-18(31-2)21(33-4)19(9-14)32-3/h8-9,11-12,15H,5-7,10H2,1-4H3,(H,24,25)(H,26,30). The van der Waals surface area contributed by atoms with Crippen LogP contribution in [0.4, 0.5) is 0 Å². The molecule has 2 N–H and O–H groups in total. The Hall–Kier alpha value is -3.82. The van der Waals surface area contributed by atoms with Crippen molar-refractivity contribution in [1.29, 1.82) is 0 Å². The van der Waals surface area contributed by atoms with Gasteiger partial charge >= 0.3 is 0 Å². The van der Waals surface area contributed by atoms with E-state index in [1.165, 1.54) is 7.11 Å². The number of aromatic amines is 1. The summed E-state index contributed by atoms with van der Waals surface area (Å²) in [5.41, 5.74) is 2.60. The summed E-state index contributed by atoms with van der Waals surface area (Å²) >= 11 is 0. The van der Waals surface area contributed by atoms with Crippen LogP contribution in [-0.4, -0.2) is 72.1 Å². The third kappa shape index (κ3) is 4.28. The van der Waals surface area contributed by atoms with Gasteiger partial charge in [0, 0.05) is 37.8 Å². The number of methoxy groups -OCH3 is 3. The van der Waals surface area contributed by atoms with Crippen molar-refractivity contribution >= 4 is 23.0 Å². The molecule has 0 spiro atoms. The first kappa shape index (κ1) is 22.4. The minimum Gasteiger partial charge on any atom is -0.493 e. The number of hydrogen-bond donors (Lipinski definition) is 2. The van der Waals surface area contributed by atoms with Crippen LogP contribution < -0.4 is 19.5 Å². The molecule has 3 heterocycles. The fraction of sp³-hybridized carbons (Fsp3) is 0.391. The number of amides is 2. The van der Waals surface area contributed by atoms with Crippen LogP contribution in [0.1, 0.15) is 30.1 Å². The van der Waals surface area contributed by atoms with Crippen molar-refractivity contribution in [2.75, 3.05) is 34.4 Å². The van der Waals surface area contributed by atoms with Gasteiger partial charge in [-0.1, -0.05) is 0 Å². The highest BCUT2D eigenvalue weighted by Crippen LogP contribution is 2.40. The lowest BCUT2D eigenvalue weighted by Crippen LogP contribution is -2.42. The Balaban J connectivity index is 1.62. The van der Waals surface area contributed by atoms with Crippen LogP contribution in [0, 0.1) is 0 Å². The SMILES string of the molecule is COc1cc(-c2cnc3[nH]cc(C(=O)NCC4CCCN4C(C)=O)c3n2)cc(OC)c1OC. The number of benzene rings is 1. The van der Waals surface area contributed by atoms with Crippen molar-refractivity contribution in [3.05, 3.63) is 30.1 Å². The third-order valence-corrected chi connectivity index (χ3v) is 5.87. The second-order valence-corrected chi connectivity index (χ2v) is 7.79. The number of nitrogens with zero attached hydrogens (tertiary/aromatic N) is 3. The fourth-order valence-corrected chi connectivity index (χ4v) is 4.20. The van der Waals surface area contributed by atoms with E-state index in [0.717, 1.165) is 19.4 Å². The second kappa shape index (κ2) is 9.35. The van der Waals surface area contributed by atoms with Gasteiger partial charge in [-0.05, 0) is 25.0 Å². The van der Waals surface area contributed by atoms with E-state index in [0.29, 0.717) is 51.8 Å². The highest BCUT2D eigenvalue weighted by atomic mass is 16.5. The third-order valence-electron chi connectivity index (χ3n) is 5.87. The molecule has 1 atom stereocenters. The van der Waals surface area contributed by atoms with Crippen LogP contribution in [0.25, 0.3) is 22.4 Å². The van der Waals surface area contributed by atoms with Crippen molar-refractivity contribution in [2.24, 2.45) is 0 Å². The monoisotopic (exact) mass is 453 g/mol. The van der Waals surface area contributed by atoms with Crippen molar-refractivity contribution in [2.45, 2.75) is 25.8 Å². The Kier molecular flexibility index (Phi) is 6.34. The average Bonchev–Trinajstić information content (AvgIpc) is 3.48. The number of H-pyrrole nitrogens is 1. The zero-order valence-electron chi connectivity index (χ0n) is 19.1. The maximum atomic E-state index is 12.9. The lowest BCUT2D eigenvalue weighted by Gasteiger charge is -2.23. The van der Waals surface area contributed by atoms with E-state index in [-0.39, 0.29) is 17.9 Å². The van der Waals surface area contributed by atoms with E-state index in [2.05, 4.69) is 20.3 Å². The zero-order chi connectivity index (χ0) is 23.5. The van der Waals surface area contributed by atoms with Gasteiger partial charge in [-0.3, -0.25) is 9.59 Å². The van der Waals surface area contributed by atoms with Gasteiger partial charge in [-0.15, -0.1) is 0 Å². The van der Waals surface area contributed by atoms with E-state index < -0.39 is 0 Å². The first-order chi connectivity index (χ1) is 16.0. The molecule has 2 amide bonds. The van der Waals surface area contributed by atoms with E-state index in [9.17, 15) is 9.59 Å². The van der Waals surface area contributed by atoms with Gasteiger partial charge < -0.3 is 29.4 Å². The molecule has 174 valence electrons. The first-order valence-corrected chi connectivity index (χ1v) is 10.7. The molecule has 1 saturated heterocycles. The minimum atomic E-state index is -0.270. The summed E-state index contributed by atoms with van der Waals surface area (Å²) in [6.45, 7) is 2.68. The van der Waals surface area contributed by atoms with Crippen LogP contribution in [-0.2, 0) is 4.79 Å². The summed E-state index contributed by atoms with van der Waals surface area (Å²) in [5.74, 6) is 1.22. The highest BCUT2D eigenvalue weighted by Gasteiger charge is 2.27. The molecule has 10 nitrogen and oxygen atoms in total. The van der Waals surface area contributed by atoms with Crippen LogP contribution in [0.2, 0.25) is 0 Å². The van der Waals surface area contributed by atoms with Crippen molar-refractivity contribution < 1.29 is 23.8 Å². The molecule has 1 fully saturated rings. The number of carbonyl (C=O) groups excluding carboxylic acids is 2. The number of aromatic nitrogens is 3. The fourth-order valence-electron chi connectivity index (χ4n) is 4.20. The number of carbonyl (C=O) groups is 2. The summed E-state index contributed by atoms with van der Waals surface area (Å²) in [5, 5.41) is 2.94. The van der Waals surface area contributed by atoms with E-state index in [1.807, 2.05) is 0 Å². The van der Waals surface area contributed by atoms with Gasteiger partial charge in [0.1, 0.15) is 5.52 Å². The Labute approximate surface area is 191 Å². The van der Waals surface area contributed by atoms with Crippen molar-refractivity contribution in [1.82, 2.24) is 25.2 Å². The molecule has 1 aromatic carbocycles. The Bertz CT molecular complexity index is 1170. The Morgan fingerprint density at radius 3 is 2.55 bits per heavy atom. The average molecular weight is 453 g/mol. The number of fused-ring (bicyclic) bond motifs is 1.